The Kier molecular flexibility index (Phi) is 17.2. The SMILES string of the molecule is CCCCCCCCCC(CCCCC)c1[nH]cc[n+]1C(C)CCCCCCCC. The largest absolute Gasteiger partial charge is 0.257 e. The number of nitrogens with one attached hydrogen (secondary N) is 1. The summed E-state index contributed by atoms with van der Waals surface area (Å²) in [7, 11) is 0. The average molecular weight is 420 g/mol. The molecule has 1 N–H and O–H groups in total. The van der Waals surface area contributed by atoms with Crippen molar-refractivity contribution >= 4 is 0 Å². The van der Waals surface area contributed by atoms with Crippen LogP contribution < -0.4 is 4.57 Å². The van der Waals surface area contributed by atoms with Gasteiger partial charge in [-0.15, -0.1) is 0 Å². The molecule has 1 aromatic rings. The second kappa shape index (κ2) is 18.9. The molecule has 0 aliphatic carbocycles. The van der Waals surface area contributed by atoms with Crippen molar-refractivity contribution in [2.75, 3.05) is 0 Å². The number of nitrogens with zero attached hydrogens (tertiary/aromatic N) is 1. The molecule has 0 aliphatic rings. The predicted octanol–water partition coefficient (Wildman–Crippen LogP) is 9.42. The Morgan fingerprint density at radius 2 is 1.07 bits per heavy atom. The van der Waals surface area contributed by atoms with Gasteiger partial charge in [-0.05, 0) is 32.6 Å². The third-order valence-electron chi connectivity index (χ3n) is 6.89. The molecular weight excluding hydrogens is 364 g/mol. The molecule has 1 rings (SSSR count). The fraction of sp³-hybridized carbons (Fsp3) is 0.893. The van der Waals surface area contributed by atoms with Gasteiger partial charge in [0.05, 0.1) is 12.0 Å². The smallest absolute Gasteiger partial charge is 0.247 e. The number of aromatic nitrogens is 2. The van der Waals surface area contributed by atoms with Gasteiger partial charge in [0.25, 0.3) is 5.82 Å². The van der Waals surface area contributed by atoms with E-state index in [1.54, 1.807) is 0 Å². The highest BCUT2D eigenvalue weighted by molar-refractivity contribution is 4.90. The molecule has 2 nitrogen and oxygen atoms in total. The van der Waals surface area contributed by atoms with Crippen LogP contribution in [0, 0.1) is 0 Å². The first-order chi connectivity index (χ1) is 14.7. The Hall–Kier alpha value is -0.790. The first-order valence-corrected chi connectivity index (χ1v) is 13.8. The minimum absolute atomic E-state index is 0.625. The van der Waals surface area contributed by atoms with Crippen molar-refractivity contribution in [2.24, 2.45) is 0 Å². The molecule has 1 heterocycles. The maximum atomic E-state index is 3.66. The van der Waals surface area contributed by atoms with Crippen LogP contribution in [0.1, 0.15) is 167 Å². The average Bonchev–Trinajstić information content (AvgIpc) is 3.24. The highest BCUT2D eigenvalue weighted by Crippen LogP contribution is 2.27. The van der Waals surface area contributed by atoms with Crippen molar-refractivity contribution in [3.63, 3.8) is 0 Å². The third-order valence-corrected chi connectivity index (χ3v) is 6.89. The van der Waals surface area contributed by atoms with Gasteiger partial charge in [0, 0.05) is 0 Å². The van der Waals surface area contributed by atoms with E-state index in [4.69, 9.17) is 0 Å². The number of rotatable bonds is 21. The van der Waals surface area contributed by atoms with Crippen molar-refractivity contribution in [3.05, 3.63) is 18.2 Å². The number of H-pyrrole nitrogens is 1. The Bertz CT molecular complexity index is 479. The molecule has 0 bridgehead atoms. The van der Waals surface area contributed by atoms with Crippen LogP contribution in [-0.2, 0) is 0 Å². The Balaban J connectivity index is 2.50. The topological polar surface area (TPSA) is 19.7 Å². The summed E-state index contributed by atoms with van der Waals surface area (Å²) in [4.78, 5) is 3.66. The highest BCUT2D eigenvalue weighted by atomic mass is 15.1. The molecule has 0 aliphatic heterocycles. The van der Waals surface area contributed by atoms with E-state index >= 15 is 0 Å². The van der Waals surface area contributed by atoms with E-state index in [1.165, 1.54) is 128 Å². The van der Waals surface area contributed by atoms with E-state index in [-0.39, 0.29) is 0 Å². The van der Waals surface area contributed by atoms with Gasteiger partial charge in [-0.2, -0.15) is 0 Å². The first-order valence-electron chi connectivity index (χ1n) is 13.8. The van der Waals surface area contributed by atoms with Crippen molar-refractivity contribution in [3.8, 4) is 0 Å². The van der Waals surface area contributed by atoms with Crippen molar-refractivity contribution in [1.29, 1.82) is 0 Å². The molecule has 0 amide bonds. The minimum atomic E-state index is 0.625. The van der Waals surface area contributed by atoms with E-state index in [2.05, 4.69) is 49.6 Å². The van der Waals surface area contributed by atoms with Crippen LogP contribution in [-0.4, -0.2) is 4.98 Å². The minimum Gasteiger partial charge on any atom is -0.247 e. The third kappa shape index (κ3) is 12.2. The maximum absolute atomic E-state index is 3.66. The van der Waals surface area contributed by atoms with E-state index in [9.17, 15) is 0 Å². The van der Waals surface area contributed by atoms with Gasteiger partial charge < -0.3 is 0 Å². The van der Waals surface area contributed by atoms with Crippen LogP contribution in [0.2, 0.25) is 0 Å². The molecule has 0 aromatic carbocycles. The summed E-state index contributed by atoms with van der Waals surface area (Å²) in [6, 6.07) is 0.625. The van der Waals surface area contributed by atoms with Crippen LogP contribution >= 0.6 is 0 Å². The quantitative estimate of drug-likeness (QED) is 0.151. The summed E-state index contributed by atoms with van der Waals surface area (Å²) in [5.74, 6) is 2.23. The predicted molar refractivity (Wildman–Crippen MR) is 133 cm³/mol. The van der Waals surface area contributed by atoms with E-state index in [0.717, 1.165) is 0 Å². The Labute approximate surface area is 189 Å². The zero-order valence-corrected chi connectivity index (χ0v) is 21.2. The van der Waals surface area contributed by atoms with Gasteiger partial charge in [-0.3, -0.25) is 0 Å². The molecule has 176 valence electrons. The molecule has 0 spiro atoms. The molecular formula is C28H55N2+. The van der Waals surface area contributed by atoms with Crippen molar-refractivity contribution in [1.82, 2.24) is 4.98 Å². The summed E-state index contributed by atoms with van der Waals surface area (Å²) in [5, 5.41) is 0. The lowest BCUT2D eigenvalue weighted by Gasteiger charge is -2.17. The second-order valence-electron chi connectivity index (χ2n) is 9.76. The summed E-state index contributed by atoms with van der Waals surface area (Å²) in [5.41, 5.74) is 0. The van der Waals surface area contributed by atoms with E-state index in [1.807, 2.05) is 0 Å². The Morgan fingerprint density at radius 1 is 0.633 bits per heavy atom. The fourth-order valence-corrected chi connectivity index (χ4v) is 4.84. The molecule has 0 saturated carbocycles. The van der Waals surface area contributed by atoms with Crippen molar-refractivity contribution < 1.29 is 4.57 Å². The van der Waals surface area contributed by atoms with Gasteiger partial charge in [-0.1, -0.05) is 117 Å². The van der Waals surface area contributed by atoms with Crippen molar-refractivity contribution in [2.45, 2.75) is 162 Å². The van der Waals surface area contributed by atoms with Crippen LogP contribution in [0.4, 0.5) is 0 Å². The summed E-state index contributed by atoms with van der Waals surface area (Å²) < 4.78 is 2.59. The van der Waals surface area contributed by atoms with Gasteiger partial charge in [0.1, 0.15) is 12.4 Å². The van der Waals surface area contributed by atoms with Crippen LogP contribution in [0.25, 0.3) is 0 Å². The molecule has 0 radical (unpaired) electrons. The van der Waals surface area contributed by atoms with E-state index in [0.29, 0.717) is 12.0 Å². The highest BCUT2D eigenvalue weighted by Gasteiger charge is 2.25. The van der Waals surface area contributed by atoms with Crippen LogP contribution in [0.15, 0.2) is 12.4 Å². The zero-order chi connectivity index (χ0) is 21.9. The molecule has 0 fully saturated rings. The van der Waals surface area contributed by atoms with Gasteiger partial charge >= 0.3 is 0 Å². The standard InChI is InChI=1S/C28H54N2/c1-5-8-11-13-15-17-20-23-27(22-18-10-7-3)28-29-24-25-30(28)26(4)21-19-16-14-12-9-6-2/h24-27H,5-23H2,1-4H3/p+1. The van der Waals surface area contributed by atoms with Gasteiger partial charge in [0.2, 0.25) is 0 Å². The normalized spacial score (nSPS) is 13.6. The van der Waals surface area contributed by atoms with E-state index < -0.39 is 0 Å². The Morgan fingerprint density at radius 3 is 1.63 bits per heavy atom. The molecule has 0 saturated heterocycles. The summed E-state index contributed by atoms with van der Waals surface area (Å²) in [6.07, 6.45) is 30.9. The number of hydrogen-bond donors (Lipinski definition) is 1. The van der Waals surface area contributed by atoms with Crippen LogP contribution in [0.5, 0.6) is 0 Å². The molecule has 30 heavy (non-hydrogen) atoms. The fourth-order valence-electron chi connectivity index (χ4n) is 4.84. The summed E-state index contributed by atoms with van der Waals surface area (Å²) in [6.45, 7) is 9.36. The molecule has 2 unspecified atom stereocenters. The first kappa shape index (κ1) is 27.2. The second-order valence-corrected chi connectivity index (χ2v) is 9.76. The number of hydrogen-bond acceptors (Lipinski definition) is 0. The lowest BCUT2D eigenvalue weighted by atomic mass is 9.93. The van der Waals surface area contributed by atoms with Gasteiger partial charge in [0.15, 0.2) is 0 Å². The molecule has 2 atom stereocenters. The summed E-state index contributed by atoms with van der Waals surface area (Å²) >= 11 is 0. The van der Waals surface area contributed by atoms with Gasteiger partial charge in [-0.25, -0.2) is 9.55 Å². The molecule has 1 aromatic heterocycles. The number of imidazole rings is 1. The number of unbranched alkanes of at least 4 members (excludes halogenated alkanes) is 13. The zero-order valence-electron chi connectivity index (χ0n) is 21.2. The maximum Gasteiger partial charge on any atom is 0.257 e. The lowest BCUT2D eigenvalue weighted by molar-refractivity contribution is -0.727. The van der Waals surface area contributed by atoms with Crippen LogP contribution in [0.3, 0.4) is 0 Å². The lowest BCUT2D eigenvalue weighted by Crippen LogP contribution is -2.41. The number of aromatic amines is 1. The monoisotopic (exact) mass is 419 g/mol. The molecule has 2 heteroatoms.